The lowest BCUT2D eigenvalue weighted by atomic mass is 9.81. The second-order valence-corrected chi connectivity index (χ2v) is 8.93. The van der Waals surface area contributed by atoms with E-state index >= 15 is 0 Å². The molecule has 162 valence electrons. The van der Waals surface area contributed by atoms with Gasteiger partial charge in [0, 0.05) is 43.1 Å². The van der Waals surface area contributed by atoms with E-state index in [9.17, 15) is 9.90 Å². The Kier molecular flexibility index (Phi) is 5.70. The summed E-state index contributed by atoms with van der Waals surface area (Å²) >= 11 is 0. The van der Waals surface area contributed by atoms with Crippen LogP contribution in [0.25, 0.3) is 6.08 Å². The summed E-state index contributed by atoms with van der Waals surface area (Å²) < 4.78 is 2.34. The zero-order valence-corrected chi connectivity index (χ0v) is 19.0. The third-order valence-electron chi connectivity index (χ3n) is 6.18. The third kappa shape index (κ3) is 4.09. The Hall–Kier alpha value is -3.66. The molecule has 1 aliphatic rings. The van der Waals surface area contributed by atoms with Gasteiger partial charge in [-0.25, -0.2) is 4.79 Å². The highest BCUT2D eigenvalue weighted by molar-refractivity contribution is 6.05. The average molecular weight is 426 g/mol. The summed E-state index contributed by atoms with van der Waals surface area (Å²) in [7, 11) is 4.08. The summed E-state index contributed by atoms with van der Waals surface area (Å²) in [5.74, 6) is -0.903. The van der Waals surface area contributed by atoms with E-state index in [4.69, 9.17) is 0 Å². The van der Waals surface area contributed by atoms with Crippen molar-refractivity contribution in [3.63, 3.8) is 0 Å². The molecule has 0 spiro atoms. The number of nitrogens with zero attached hydrogens (tertiary/aromatic N) is 2. The van der Waals surface area contributed by atoms with Crippen molar-refractivity contribution in [2.75, 3.05) is 19.0 Å². The van der Waals surface area contributed by atoms with Gasteiger partial charge in [-0.15, -0.1) is 0 Å². The highest BCUT2D eigenvalue weighted by Crippen LogP contribution is 2.40. The fourth-order valence-electron chi connectivity index (χ4n) is 4.31. The molecule has 0 atom stereocenters. The third-order valence-corrected chi connectivity index (χ3v) is 6.18. The van der Waals surface area contributed by atoms with Crippen molar-refractivity contribution in [1.82, 2.24) is 0 Å². The first-order chi connectivity index (χ1) is 15.3. The van der Waals surface area contributed by atoms with Crippen LogP contribution in [0.1, 0.15) is 40.9 Å². The summed E-state index contributed by atoms with van der Waals surface area (Å²) in [5.41, 5.74) is 7.28. The van der Waals surface area contributed by atoms with E-state index in [0.717, 1.165) is 11.1 Å². The molecule has 1 heterocycles. The van der Waals surface area contributed by atoms with E-state index in [2.05, 4.69) is 84.0 Å². The van der Waals surface area contributed by atoms with Crippen LogP contribution in [0.2, 0.25) is 0 Å². The summed E-state index contributed by atoms with van der Waals surface area (Å²) in [5, 5.41) is 9.20. The Morgan fingerprint density at radius 1 is 0.938 bits per heavy atom. The fourth-order valence-corrected chi connectivity index (χ4v) is 4.31. The molecule has 4 heteroatoms. The topological polar surface area (TPSA) is 43.5 Å². The molecular weight excluding hydrogens is 396 g/mol. The molecule has 0 unspecified atom stereocenters. The number of aromatic carboxylic acids is 1. The van der Waals surface area contributed by atoms with Crippen molar-refractivity contribution in [1.29, 1.82) is 0 Å². The highest BCUT2D eigenvalue weighted by Gasteiger charge is 2.44. The molecule has 4 rings (SSSR count). The standard InChI is InChI=1S/C28H28N2O2/c1-28(2)24-7-5-6-8-25(24)30(19-21-9-14-22(15-10-21)27(31)32)26(28)18-13-20-11-16-23(17-12-20)29(3)4/h5-18H,19H2,1-4H3/p+1. The predicted molar refractivity (Wildman–Crippen MR) is 131 cm³/mol. The Morgan fingerprint density at radius 2 is 1.59 bits per heavy atom. The zero-order chi connectivity index (χ0) is 22.9. The monoisotopic (exact) mass is 425 g/mol. The number of fused-ring (bicyclic) bond motifs is 1. The molecule has 3 aromatic carbocycles. The van der Waals surface area contributed by atoms with Crippen molar-refractivity contribution in [2.24, 2.45) is 0 Å². The summed E-state index contributed by atoms with van der Waals surface area (Å²) in [6, 6.07) is 24.2. The molecule has 0 saturated heterocycles. The smallest absolute Gasteiger partial charge is 0.335 e. The van der Waals surface area contributed by atoms with Gasteiger partial charge in [0.05, 0.1) is 11.0 Å². The van der Waals surface area contributed by atoms with Gasteiger partial charge >= 0.3 is 5.97 Å². The summed E-state index contributed by atoms with van der Waals surface area (Å²) in [6.07, 6.45) is 4.39. The van der Waals surface area contributed by atoms with Gasteiger partial charge < -0.3 is 10.0 Å². The number of hydrogen-bond acceptors (Lipinski definition) is 2. The normalized spacial score (nSPS) is 14.6. The van der Waals surface area contributed by atoms with E-state index in [0.29, 0.717) is 12.1 Å². The molecule has 0 bridgehead atoms. The SMILES string of the molecule is CN(C)c1ccc(C=CC2=[N+](Cc3ccc(C(=O)O)cc3)c3ccccc3C2(C)C)cc1. The molecule has 0 fully saturated rings. The van der Waals surface area contributed by atoms with Crippen molar-refractivity contribution in [3.8, 4) is 0 Å². The van der Waals surface area contributed by atoms with Crippen molar-refractivity contribution < 1.29 is 14.5 Å². The number of benzene rings is 3. The molecule has 0 aromatic heterocycles. The van der Waals surface area contributed by atoms with Gasteiger partial charge in [0.15, 0.2) is 12.3 Å². The van der Waals surface area contributed by atoms with Crippen LogP contribution in [-0.4, -0.2) is 35.5 Å². The van der Waals surface area contributed by atoms with Crippen LogP contribution in [0.5, 0.6) is 0 Å². The second kappa shape index (κ2) is 8.46. The van der Waals surface area contributed by atoms with Crippen molar-refractivity contribution in [2.45, 2.75) is 25.8 Å². The Labute approximate surface area is 189 Å². The number of carbonyl (C=O) groups is 1. The maximum atomic E-state index is 11.2. The lowest BCUT2D eigenvalue weighted by molar-refractivity contribution is -0.455. The van der Waals surface area contributed by atoms with E-state index in [1.807, 2.05) is 26.2 Å². The lowest BCUT2D eigenvalue weighted by Gasteiger charge is -2.15. The van der Waals surface area contributed by atoms with Gasteiger partial charge in [-0.1, -0.05) is 42.5 Å². The quantitative estimate of drug-likeness (QED) is 0.512. The van der Waals surface area contributed by atoms with Gasteiger partial charge in [0.25, 0.3) is 0 Å². The van der Waals surface area contributed by atoms with Crippen LogP contribution in [0.3, 0.4) is 0 Å². The van der Waals surface area contributed by atoms with E-state index in [1.165, 1.54) is 22.6 Å². The lowest BCUT2D eigenvalue weighted by Crippen LogP contribution is -2.27. The zero-order valence-electron chi connectivity index (χ0n) is 19.0. The van der Waals surface area contributed by atoms with Crippen LogP contribution in [0.4, 0.5) is 11.4 Å². The predicted octanol–water partition coefficient (Wildman–Crippen LogP) is 5.74. The van der Waals surface area contributed by atoms with Crippen LogP contribution in [0.15, 0.2) is 78.9 Å². The number of anilines is 1. The number of para-hydroxylation sites is 1. The maximum absolute atomic E-state index is 11.2. The number of carboxylic acids is 1. The molecule has 4 nitrogen and oxygen atoms in total. The van der Waals surface area contributed by atoms with Gasteiger partial charge in [-0.05, 0) is 49.8 Å². The first kappa shape index (κ1) is 21.6. The van der Waals surface area contributed by atoms with Crippen molar-refractivity contribution in [3.05, 3.63) is 101 Å². The summed E-state index contributed by atoms with van der Waals surface area (Å²) in [4.78, 5) is 13.3. The molecule has 3 aromatic rings. The van der Waals surface area contributed by atoms with E-state index in [-0.39, 0.29) is 5.41 Å². The first-order valence-electron chi connectivity index (χ1n) is 10.8. The Morgan fingerprint density at radius 3 is 2.22 bits per heavy atom. The minimum absolute atomic E-state index is 0.141. The maximum Gasteiger partial charge on any atom is 0.335 e. The minimum Gasteiger partial charge on any atom is -0.478 e. The van der Waals surface area contributed by atoms with Crippen molar-refractivity contribution >= 4 is 29.1 Å². The van der Waals surface area contributed by atoms with Crippen LogP contribution in [-0.2, 0) is 12.0 Å². The minimum atomic E-state index is -0.903. The highest BCUT2D eigenvalue weighted by atomic mass is 16.4. The molecule has 0 aliphatic carbocycles. The Balaban J connectivity index is 1.73. The number of hydrogen-bond donors (Lipinski definition) is 1. The van der Waals surface area contributed by atoms with Crippen LogP contribution >= 0.6 is 0 Å². The van der Waals surface area contributed by atoms with E-state index < -0.39 is 5.97 Å². The van der Waals surface area contributed by atoms with Crippen LogP contribution < -0.4 is 4.90 Å². The molecule has 0 saturated carbocycles. The fraction of sp³-hybridized carbons (Fsp3) is 0.214. The summed E-state index contributed by atoms with van der Waals surface area (Å²) in [6.45, 7) is 5.20. The number of rotatable bonds is 6. The molecule has 0 radical (unpaired) electrons. The van der Waals surface area contributed by atoms with Gasteiger partial charge in [0.1, 0.15) is 0 Å². The molecule has 0 amide bonds. The van der Waals surface area contributed by atoms with Gasteiger partial charge in [-0.2, -0.15) is 4.58 Å². The largest absolute Gasteiger partial charge is 0.478 e. The Bertz CT molecular complexity index is 1200. The molecule has 1 N–H and O–H groups in total. The first-order valence-corrected chi connectivity index (χ1v) is 10.8. The van der Waals surface area contributed by atoms with E-state index in [1.54, 1.807) is 12.1 Å². The molecular formula is C28H29N2O2+. The average Bonchev–Trinajstić information content (AvgIpc) is 2.99. The number of carboxylic acid groups (broad SMARTS) is 1. The molecule has 32 heavy (non-hydrogen) atoms. The number of allylic oxidation sites excluding steroid dienone is 1. The molecule has 1 aliphatic heterocycles. The van der Waals surface area contributed by atoms with Gasteiger partial charge in [0.2, 0.25) is 5.69 Å². The van der Waals surface area contributed by atoms with Gasteiger partial charge in [-0.3, -0.25) is 0 Å². The second-order valence-electron chi connectivity index (χ2n) is 8.93. The van der Waals surface area contributed by atoms with Crippen LogP contribution in [0, 0.1) is 0 Å².